The van der Waals surface area contributed by atoms with Crippen LogP contribution in [0, 0.1) is 0 Å². The first-order valence-corrected chi connectivity index (χ1v) is 26.2. The summed E-state index contributed by atoms with van der Waals surface area (Å²) in [5.41, 5.74) is 0. The summed E-state index contributed by atoms with van der Waals surface area (Å²) in [6.07, 6.45) is 49.5. The van der Waals surface area contributed by atoms with Gasteiger partial charge in [0.1, 0.15) is 13.2 Å². The van der Waals surface area contributed by atoms with Crippen molar-refractivity contribution in [2.45, 2.75) is 244 Å². The lowest BCUT2D eigenvalue weighted by molar-refractivity contribution is -0.870. The molecule has 58 heavy (non-hydrogen) atoms. The van der Waals surface area contributed by atoms with Gasteiger partial charge in [-0.3, -0.25) is 9.36 Å². The molecule has 0 spiro atoms. The van der Waals surface area contributed by atoms with E-state index in [1.54, 1.807) is 6.08 Å². The highest BCUT2D eigenvalue weighted by atomic mass is 31.2. The fourth-order valence-electron chi connectivity index (χ4n) is 7.21. The maximum absolute atomic E-state index is 12.9. The number of nitrogens with zero attached hydrogens (tertiary/aromatic N) is 1. The number of unbranched alkanes of at least 4 members (excludes halogenated alkanes) is 30. The maximum Gasteiger partial charge on any atom is 0.268 e. The monoisotopic (exact) mass is 841 g/mol. The van der Waals surface area contributed by atoms with Gasteiger partial charge in [0.2, 0.25) is 5.91 Å². The molecule has 0 bridgehead atoms. The van der Waals surface area contributed by atoms with Gasteiger partial charge in [-0.2, -0.15) is 0 Å². The Morgan fingerprint density at radius 3 is 1.34 bits per heavy atom. The van der Waals surface area contributed by atoms with Crippen LogP contribution < -0.4 is 10.2 Å². The lowest BCUT2D eigenvalue weighted by Crippen LogP contribution is -2.45. The first-order chi connectivity index (χ1) is 28.0. The molecule has 2 N–H and O–H groups in total. The van der Waals surface area contributed by atoms with Gasteiger partial charge >= 0.3 is 0 Å². The first-order valence-electron chi connectivity index (χ1n) is 24.7. The fourth-order valence-corrected chi connectivity index (χ4v) is 7.93. The number of hydrogen-bond acceptors (Lipinski definition) is 6. The molecule has 344 valence electrons. The summed E-state index contributed by atoms with van der Waals surface area (Å²) in [7, 11) is 1.26. The number of phosphoric acid groups is 1. The predicted octanol–water partition coefficient (Wildman–Crippen LogP) is 13.5. The molecule has 9 heteroatoms. The molecule has 0 aliphatic carbocycles. The van der Waals surface area contributed by atoms with Gasteiger partial charge in [-0.1, -0.05) is 205 Å². The van der Waals surface area contributed by atoms with Crippen LogP contribution in [-0.4, -0.2) is 68.5 Å². The zero-order chi connectivity index (χ0) is 42.8. The quantitative estimate of drug-likeness (QED) is 0.0274. The van der Waals surface area contributed by atoms with E-state index in [4.69, 9.17) is 9.05 Å². The second-order valence-corrected chi connectivity index (χ2v) is 19.6. The second kappa shape index (κ2) is 41.3. The molecule has 0 heterocycles. The Labute approximate surface area is 360 Å². The Bertz CT molecular complexity index is 1000. The maximum atomic E-state index is 12.9. The van der Waals surface area contributed by atoms with Gasteiger partial charge in [0.25, 0.3) is 7.82 Å². The average molecular weight is 841 g/mol. The van der Waals surface area contributed by atoms with Gasteiger partial charge in [-0.15, -0.1) is 0 Å². The number of rotatable bonds is 45. The summed E-state index contributed by atoms with van der Waals surface area (Å²) < 4.78 is 23.2. The molecule has 0 aromatic rings. The van der Waals surface area contributed by atoms with Gasteiger partial charge in [0.15, 0.2) is 0 Å². The molecule has 0 aromatic heterocycles. The van der Waals surface area contributed by atoms with Crippen molar-refractivity contribution in [2.24, 2.45) is 0 Å². The number of nitrogens with one attached hydrogen (secondary N) is 1. The summed E-state index contributed by atoms with van der Waals surface area (Å²) in [5.74, 6) is -0.199. The van der Waals surface area contributed by atoms with Gasteiger partial charge < -0.3 is 28.8 Å². The minimum Gasteiger partial charge on any atom is -0.756 e. The van der Waals surface area contributed by atoms with Crippen LogP contribution in [0.3, 0.4) is 0 Å². The number of aliphatic hydroxyl groups is 1. The Kier molecular flexibility index (Phi) is 40.6. The van der Waals surface area contributed by atoms with Gasteiger partial charge in [-0.25, -0.2) is 0 Å². The standard InChI is InChI=1S/C49H97N2O6P/c1-6-8-10-12-14-16-18-19-20-21-22-23-24-25-26-27-28-29-30-31-33-35-37-39-41-43-49(53)50-47(46-57-58(54,55)56-45-44-51(3,4)5)48(52)42-40-38-36-34-32-17-15-13-11-9-7-2/h25-26,40,42,47-48,52H,6-24,27-39,41,43-46H2,1-5H3,(H-,50,53,54,55)/b26-25-,42-40+. The minimum absolute atomic E-state index is 0.000312. The van der Waals surface area contributed by atoms with E-state index in [2.05, 4.69) is 31.3 Å². The third-order valence-electron chi connectivity index (χ3n) is 11.2. The van der Waals surface area contributed by atoms with Crippen LogP contribution >= 0.6 is 7.82 Å². The highest BCUT2D eigenvalue weighted by Crippen LogP contribution is 2.38. The fraction of sp³-hybridized carbons (Fsp3) is 0.898. The number of carbonyl (C=O) groups is 1. The number of hydrogen-bond donors (Lipinski definition) is 2. The Morgan fingerprint density at radius 1 is 0.586 bits per heavy atom. The van der Waals surface area contributed by atoms with Crippen molar-refractivity contribution in [3.63, 3.8) is 0 Å². The molecule has 3 unspecified atom stereocenters. The van der Waals surface area contributed by atoms with E-state index < -0.39 is 20.0 Å². The van der Waals surface area contributed by atoms with Crippen LogP contribution in [0.2, 0.25) is 0 Å². The Hall–Kier alpha value is -1.02. The number of allylic oxidation sites excluding steroid dienone is 3. The van der Waals surface area contributed by atoms with Crippen molar-refractivity contribution in [2.75, 3.05) is 40.9 Å². The lowest BCUT2D eigenvalue weighted by Gasteiger charge is -2.29. The topological polar surface area (TPSA) is 108 Å². The molecule has 0 saturated carbocycles. The number of carbonyl (C=O) groups excluding carboxylic acids is 1. The van der Waals surface area contributed by atoms with E-state index in [1.807, 2.05) is 27.2 Å². The van der Waals surface area contributed by atoms with Crippen LogP contribution in [0.5, 0.6) is 0 Å². The highest BCUT2D eigenvalue weighted by molar-refractivity contribution is 7.45. The smallest absolute Gasteiger partial charge is 0.268 e. The number of quaternary nitrogens is 1. The molecule has 0 aliphatic rings. The van der Waals surface area contributed by atoms with Crippen molar-refractivity contribution in [3.05, 3.63) is 24.3 Å². The summed E-state index contributed by atoms with van der Waals surface area (Å²) in [4.78, 5) is 25.3. The van der Waals surface area contributed by atoms with Crippen LogP contribution in [0.4, 0.5) is 0 Å². The van der Waals surface area contributed by atoms with Gasteiger partial charge in [0.05, 0.1) is 39.9 Å². The predicted molar refractivity (Wildman–Crippen MR) is 247 cm³/mol. The summed E-state index contributed by atoms with van der Waals surface area (Å²) in [6, 6.07) is -0.883. The average Bonchev–Trinajstić information content (AvgIpc) is 3.17. The molecule has 0 aliphatic heterocycles. The van der Waals surface area contributed by atoms with Gasteiger partial charge in [0, 0.05) is 6.42 Å². The largest absolute Gasteiger partial charge is 0.756 e. The molecular weight excluding hydrogens is 744 g/mol. The Morgan fingerprint density at radius 2 is 0.948 bits per heavy atom. The first kappa shape index (κ1) is 57.0. The molecule has 0 saturated heterocycles. The Balaban J connectivity index is 4.17. The molecule has 0 radical (unpaired) electrons. The van der Waals surface area contributed by atoms with Crippen molar-refractivity contribution in [3.8, 4) is 0 Å². The van der Waals surface area contributed by atoms with E-state index in [9.17, 15) is 19.4 Å². The highest BCUT2D eigenvalue weighted by Gasteiger charge is 2.23. The van der Waals surface area contributed by atoms with E-state index in [0.717, 1.165) is 38.5 Å². The summed E-state index contributed by atoms with van der Waals surface area (Å²) in [6.45, 7) is 4.64. The van der Waals surface area contributed by atoms with E-state index >= 15 is 0 Å². The van der Waals surface area contributed by atoms with Crippen molar-refractivity contribution in [1.82, 2.24) is 5.32 Å². The minimum atomic E-state index is -4.58. The molecule has 0 fully saturated rings. The zero-order valence-electron chi connectivity index (χ0n) is 39.0. The molecule has 3 atom stereocenters. The number of aliphatic hydroxyl groups excluding tert-OH is 1. The molecule has 1 amide bonds. The molecule has 0 rings (SSSR count). The third kappa shape index (κ3) is 43.1. The van der Waals surface area contributed by atoms with Gasteiger partial charge in [-0.05, 0) is 44.9 Å². The number of likely N-dealkylation sites (N-methyl/N-ethyl adjacent to an activating group) is 1. The molecular formula is C49H97N2O6P. The van der Waals surface area contributed by atoms with Crippen molar-refractivity contribution >= 4 is 13.7 Å². The number of amides is 1. The van der Waals surface area contributed by atoms with E-state index in [1.165, 1.54) is 173 Å². The molecule has 8 nitrogen and oxygen atoms in total. The number of phosphoric ester groups is 1. The zero-order valence-corrected chi connectivity index (χ0v) is 39.9. The summed E-state index contributed by atoms with van der Waals surface area (Å²) >= 11 is 0. The lowest BCUT2D eigenvalue weighted by atomic mass is 10.0. The third-order valence-corrected chi connectivity index (χ3v) is 12.1. The van der Waals surface area contributed by atoms with E-state index in [0.29, 0.717) is 17.4 Å². The van der Waals surface area contributed by atoms with Crippen LogP contribution in [-0.2, 0) is 18.4 Å². The molecule has 0 aromatic carbocycles. The summed E-state index contributed by atoms with van der Waals surface area (Å²) in [5, 5.41) is 13.8. The van der Waals surface area contributed by atoms with E-state index in [-0.39, 0.29) is 19.1 Å². The van der Waals surface area contributed by atoms with Crippen molar-refractivity contribution < 1.29 is 32.9 Å². The van der Waals surface area contributed by atoms with Crippen molar-refractivity contribution in [1.29, 1.82) is 0 Å². The SMILES string of the molecule is CCCCCCCCCCC/C=C/C(O)C(COP(=O)([O-])OCC[N+](C)(C)C)NC(=O)CCCCCCCCCCC/C=C\CCCCCCCCCCCCCC. The van der Waals surface area contributed by atoms with Crippen LogP contribution in [0.25, 0.3) is 0 Å². The second-order valence-electron chi connectivity index (χ2n) is 18.2. The van der Waals surface area contributed by atoms with Crippen LogP contribution in [0.15, 0.2) is 24.3 Å². The normalized spacial score (nSPS) is 14.4. The van der Waals surface area contributed by atoms with Crippen LogP contribution in [0.1, 0.15) is 232 Å².